The van der Waals surface area contributed by atoms with Crippen LogP contribution < -0.4 is 10.1 Å². The van der Waals surface area contributed by atoms with Crippen LogP contribution in [-0.2, 0) is 6.54 Å². The van der Waals surface area contributed by atoms with Crippen LogP contribution in [0.2, 0.25) is 0 Å². The third-order valence-corrected chi connectivity index (χ3v) is 4.46. The molecule has 2 N–H and O–H groups in total. The molecule has 1 amide bonds. The summed E-state index contributed by atoms with van der Waals surface area (Å²) in [6.45, 7) is 1.41. The van der Waals surface area contributed by atoms with Crippen molar-refractivity contribution < 1.29 is 9.53 Å². The predicted octanol–water partition coefficient (Wildman–Crippen LogP) is 3.35. The highest BCUT2D eigenvalue weighted by Crippen LogP contribution is 2.21. The number of imidazole rings is 1. The maximum atomic E-state index is 12.3. The van der Waals surface area contributed by atoms with Crippen LogP contribution in [0.4, 0.5) is 0 Å². The van der Waals surface area contributed by atoms with Crippen molar-refractivity contribution in [2.45, 2.75) is 13.0 Å². The van der Waals surface area contributed by atoms with Crippen molar-refractivity contribution >= 4 is 27.8 Å². The van der Waals surface area contributed by atoms with Gasteiger partial charge in [0.2, 0.25) is 0 Å². The van der Waals surface area contributed by atoms with E-state index in [0.29, 0.717) is 12.2 Å². The van der Waals surface area contributed by atoms with Crippen LogP contribution in [0.25, 0.3) is 21.9 Å². The van der Waals surface area contributed by atoms with Gasteiger partial charge in [0.25, 0.3) is 5.91 Å². The van der Waals surface area contributed by atoms with Crippen LogP contribution in [-0.4, -0.2) is 34.1 Å². The lowest BCUT2D eigenvalue weighted by Crippen LogP contribution is -2.25. The Kier molecular flexibility index (Phi) is 4.31. The second-order valence-electron chi connectivity index (χ2n) is 6.17. The fraction of sp³-hybridized carbons (Fsp3) is 0.200. The largest absolute Gasteiger partial charge is 0.497 e. The van der Waals surface area contributed by atoms with Gasteiger partial charge in [-0.25, -0.2) is 4.98 Å². The molecule has 132 valence electrons. The van der Waals surface area contributed by atoms with Crippen LogP contribution in [0.3, 0.4) is 0 Å². The van der Waals surface area contributed by atoms with Crippen molar-refractivity contribution in [2.75, 3.05) is 13.7 Å². The molecule has 2 aromatic carbocycles. The lowest BCUT2D eigenvalue weighted by molar-refractivity contribution is 0.0948. The van der Waals surface area contributed by atoms with Crippen molar-refractivity contribution in [3.05, 3.63) is 60.6 Å². The predicted molar refractivity (Wildman–Crippen MR) is 102 cm³/mol. The summed E-state index contributed by atoms with van der Waals surface area (Å²) >= 11 is 0. The number of aromatic nitrogens is 3. The third kappa shape index (κ3) is 3.13. The Morgan fingerprint density at radius 3 is 3.00 bits per heavy atom. The highest BCUT2D eigenvalue weighted by Gasteiger charge is 2.09. The molecule has 0 aliphatic rings. The number of nitrogens with zero attached hydrogens (tertiary/aromatic N) is 2. The molecule has 4 rings (SSSR count). The number of methoxy groups -OCH3 is 1. The standard InChI is InChI=1S/C20H20N4O2/c1-26-15-8-7-14-11-18(23-17(14)12-15)20(25)21-9-4-10-24-13-22-16-5-2-3-6-19(16)24/h2-3,5-8,11-13,23H,4,9-10H2,1H3,(H,21,25). The molecule has 0 aliphatic heterocycles. The molecule has 26 heavy (non-hydrogen) atoms. The first-order valence-electron chi connectivity index (χ1n) is 8.59. The number of aryl methyl sites for hydroxylation is 1. The van der Waals surface area contributed by atoms with Crippen LogP contribution >= 0.6 is 0 Å². The van der Waals surface area contributed by atoms with E-state index >= 15 is 0 Å². The molecular weight excluding hydrogens is 328 g/mol. The smallest absolute Gasteiger partial charge is 0.267 e. The zero-order chi connectivity index (χ0) is 17.9. The quantitative estimate of drug-likeness (QED) is 0.525. The van der Waals surface area contributed by atoms with E-state index in [1.807, 2.05) is 48.8 Å². The summed E-state index contributed by atoms with van der Waals surface area (Å²) < 4.78 is 7.32. The number of amides is 1. The molecule has 0 fully saturated rings. The molecular formula is C20H20N4O2. The van der Waals surface area contributed by atoms with Gasteiger partial charge in [-0.1, -0.05) is 12.1 Å². The van der Waals surface area contributed by atoms with Gasteiger partial charge in [0.05, 0.1) is 24.5 Å². The monoisotopic (exact) mass is 348 g/mol. The van der Waals surface area contributed by atoms with Gasteiger partial charge in [-0.05, 0) is 36.8 Å². The number of hydrogen-bond donors (Lipinski definition) is 2. The summed E-state index contributed by atoms with van der Waals surface area (Å²) in [5.41, 5.74) is 3.55. The van der Waals surface area contributed by atoms with Gasteiger partial charge >= 0.3 is 0 Å². The number of ether oxygens (including phenoxy) is 1. The maximum Gasteiger partial charge on any atom is 0.267 e. The van der Waals surface area contributed by atoms with Crippen molar-refractivity contribution in [3.8, 4) is 5.75 Å². The molecule has 6 nitrogen and oxygen atoms in total. The number of aromatic amines is 1. The molecule has 0 saturated carbocycles. The summed E-state index contributed by atoms with van der Waals surface area (Å²) in [6.07, 6.45) is 2.68. The highest BCUT2D eigenvalue weighted by atomic mass is 16.5. The summed E-state index contributed by atoms with van der Waals surface area (Å²) in [5, 5.41) is 3.95. The van der Waals surface area contributed by atoms with Crippen LogP contribution in [0, 0.1) is 0 Å². The first-order valence-corrected chi connectivity index (χ1v) is 8.59. The topological polar surface area (TPSA) is 71.9 Å². The van der Waals surface area contributed by atoms with E-state index in [1.165, 1.54) is 0 Å². The molecule has 2 heterocycles. The second-order valence-corrected chi connectivity index (χ2v) is 6.17. The van der Waals surface area contributed by atoms with Crippen molar-refractivity contribution in [1.82, 2.24) is 19.9 Å². The SMILES string of the molecule is COc1ccc2cc(C(=O)NCCCn3cnc4ccccc43)[nH]c2c1. The van der Waals surface area contributed by atoms with E-state index in [4.69, 9.17) is 4.74 Å². The van der Waals surface area contributed by atoms with E-state index in [9.17, 15) is 4.79 Å². The zero-order valence-corrected chi connectivity index (χ0v) is 14.5. The molecule has 0 spiro atoms. The lowest BCUT2D eigenvalue weighted by Gasteiger charge is -2.06. The second kappa shape index (κ2) is 6.92. The van der Waals surface area contributed by atoms with Gasteiger partial charge in [-0.2, -0.15) is 0 Å². The van der Waals surface area contributed by atoms with Gasteiger partial charge in [-0.3, -0.25) is 4.79 Å². The number of para-hydroxylation sites is 2. The summed E-state index contributed by atoms with van der Waals surface area (Å²) in [7, 11) is 1.63. The average molecular weight is 348 g/mol. The van der Waals surface area contributed by atoms with Crippen LogP contribution in [0.5, 0.6) is 5.75 Å². The average Bonchev–Trinajstić information content (AvgIpc) is 3.28. The number of carbonyl (C=O) groups excluding carboxylic acids is 1. The first-order chi connectivity index (χ1) is 12.7. The molecule has 4 aromatic rings. The minimum absolute atomic E-state index is 0.101. The van der Waals surface area contributed by atoms with E-state index < -0.39 is 0 Å². The third-order valence-electron chi connectivity index (χ3n) is 4.46. The molecule has 0 radical (unpaired) electrons. The minimum Gasteiger partial charge on any atom is -0.497 e. The summed E-state index contributed by atoms with van der Waals surface area (Å²) in [6, 6.07) is 15.6. The zero-order valence-electron chi connectivity index (χ0n) is 14.5. The molecule has 0 unspecified atom stereocenters. The first kappa shape index (κ1) is 16.2. The fourth-order valence-electron chi connectivity index (χ4n) is 3.09. The highest BCUT2D eigenvalue weighted by molar-refractivity contribution is 5.98. The Labute approximate surface area is 150 Å². The van der Waals surface area contributed by atoms with E-state index in [0.717, 1.165) is 40.7 Å². The number of fused-ring (bicyclic) bond motifs is 2. The van der Waals surface area contributed by atoms with Crippen molar-refractivity contribution in [2.24, 2.45) is 0 Å². The normalized spacial score (nSPS) is 11.1. The molecule has 6 heteroatoms. The lowest BCUT2D eigenvalue weighted by atomic mass is 10.2. The molecule has 0 saturated heterocycles. The Morgan fingerprint density at radius 1 is 1.23 bits per heavy atom. The number of nitrogens with one attached hydrogen (secondary N) is 2. The minimum atomic E-state index is -0.101. The molecule has 2 aromatic heterocycles. The van der Waals surface area contributed by atoms with E-state index in [-0.39, 0.29) is 5.91 Å². The number of H-pyrrole nitrogens is 1. The van der Waals surface area contributed by atoms with Gasteiger partial charge in [0.1, 0.15) is 11.4 Å². The van der Waals surface area contributed by atoms with E-state index in [1.54, 1.807) is 7.11 Å². The molecule has 0 bridgehead atoms. The Morgan fingerprint density at radius 2 is 2.12 bits per heavy atom. The summed E-state index contributed by atoms with van der Waals surface area (Å²) in [5.74, 6) is 0.662. The van der Waals surface area contributed by atoms with Gasteiger partial charge in [-0.15, -0.1) is 0 Å². The summed E-state index contributed by atoms with van der Waals surface area (Å²) in [4.78, 5) is 19.9. The molecule has 0 aliphatic carbocycles. The molecule has 0 atom stereocenters. The van der Waals surface area contributed by atoms with Crippen molar-refractivity contribution in [1.29, 1.82) is 0 Å². The Balaban J connectivity index is 1.35. The number of benzene rings is 2. The number of hydrogen-bond acceptors (Lipinski definition) is 3. The van der Waals surface area contributed by atoms with Crippen LogP contribution in [0.15, 0.2) is 54.9 Å². The van der Waals surface area contributed by atoms with Gasteiger partial charge in [0, 0.05) is 30.1 Å². The number of carbonyl (C=O) groups is 1. The van der Waals surface area contributed by atoms with Crippen LogP contribution in [0.1, 0.15) is 16.9 Å². The van der Waals surface area contributed by atoms with E-state index in [2.05, 4.69) is 25.9 Å². The van der Waals surface area contributed by atoms with Crippen molar-refractivity contribution in [3.63, 3.8) is 0 Å². The fourth-order valence-corrected chi connectivity index (χ4v) is 3.09. The Hall–Kier alpha value is -3.28. The Bertz CT molecular complexity index is 1060. The van der Waals surface area contributed by atoms with Gasteiger partial charge < -0.3 is 19.6 Å². The maximum absolute atomic E-state index is 12.3. The number of rotatable bonds is 6. The van der Waals surface area contributed by atoms with Gasteiger partial charge in [0.15, 0.2) is 0 Å².